The van der Waals surface area contributed by atoms with Gasteiger partial charge in [-0.05, 0) is 38.6 Å². The molecule has 1 fully saturated rings. The highest BCUT2D eigenvalue weighted by atomic mass is 16.5. The van der Waals surface area contributed by atoms with E-state index in [0.717, 1.165) is 19.5 Å². The van der Waals surface area contributed by atoms with Crippen molar-refractivity contribution in [3.8, 4) is 0 Å². The maximum atomic E-state index is 11.7. The Morgan fingerprint density at radius 3 is 3.00 bits per heavy atom. The van der Waals surface area contributed by atoms with Gasteiger partial charge in [-0.2, -0.15) is 0 Å². The number of hydrogen-bond acceptors (Lipinski definition) is 4. The van der Waals surface area contributed by atoms with Crippen LogP contribution >= 0.6 is 0 Å². The molecule has 1 aliphatic rings. The number of likely N-dealkylation sites (tertiary alicyclic amines) is 1. The number of pyridine rings is 1. The summed E-state index contributed by atoms with van der Waals surface area (Å²) in [5.74, 6) is 0.222. The highest BCUT2D eigenvalue weighted by Gasteiger charge is 2.19. The molecule has 17 heavy (non-hydrogen) atoms. The van der Waals surface area contributed by atoms with Gasteiger partial charge in [-0.25, -0.2) is 4.79 Å². The summed E-state index contributed by atoms with van der Waals surface area (Å²) in [6.45, 7) is 2.68. The molecule has 0 amide bonds. The summed E-state index contributed by atoms with van der Waals surface area (Å²) in [4.78, 5) is 17.9. The van der Waals surface area contributed by atoms with Gasteiger partial charge in [0.1, 0.15) is 0 Å². The normalized spacial score (nSPS) is 21.1. The second-order valence-corrected chi connectivity index (χ2v) is 4.60. The number of rotatable bonds is 3. The van der Waals surface area contributed by atoms with Gasteiger partial charge < -0.3 is 9.64 Å². The monoisotopic (exact) mass is 234 g/mol. The Bertz CT molecular complexity index is 367. The quantitative estimate of drug-likeness (QED) is 0.745. The van der Waals surface area contributed by atoms with Crippen molar-refractivity contribution >= 4 is 5.97 Å². The average Bonchev–Trinajstić information content (AvgIpc) is 2.37. The van der Waals surface area contributed by atoms with Gasteiger partial charge >= 0.3 is 5.97 Å². The van der Waals surface area contributed by atoms with Crippen molar-refractivity contribution in [1.82, 2.24) is 9.88 Å². The summed E-state index contributed by atoms with van der Waals surface area (Å²) in [6.07, 6.45) is 5.54. The van der Waals surface area contributed by atoms with E-state index in [0.29, 0.717) is 18.1 Å². The molecule has 0 aliphatic carbocycles. The summed E-state index contributed by atoms with van der Waals surface area (Å²) in [6, 6.07) is 3.35. The molecule has 1 aromatic rings. The van der Waals surface area contributed by atoms with Gasteiger partial charge in [0.2, 0.25) is 0 Å². The zero-order chi connectivity index (χ0) is 12.1. The molecule has 1 unspecified atom stereocenters. The summed E-state index contributed by atoms with van der Waals surface area (Å²) in [5.41, 5.74) is 0.573. The van der Waals surface area contributed by atoms with Crippen molar-refractivity contribution in [3.05, 3.63) is 30.1 Å². The maximum Gasteiger partial charge on any atom is 0.338 e. The largest absolute Gasteiger partial charge is 0.462 e. The third kappa shape index (κ3) is 3.53. The lowest BCUT2D eigenvalue weighted by atomic mass is 10.00. The number of hydrogen-bond donors (Lipinski definition) is 0. The predicted octanol–water partition coefficient (Wildman–Crippen LogP) is 1.58. The fraction of sp³-hybridized carbons (Fsp3) is 0.538. The van der Waals surface area contributed by atoms with E-state index in [4.69, 9.17) is 4.74 Å². The van der Waals surface area contributed by atoms with Crippen LogP contribution in [0.15, 0.2) is 24.5 Å². The Morgan fingerprint density at radius 2 is 2.29 bits per heavy atom. The average molecular weight is 234 g/mol. The second kappa shape index (κ2) is 5.77. The van der Waals surface area contributed by atoms with Crippen molar-refractivity contribution in [2.24, 2.45) is 5.92 Å². The zero-order valence-electron chi connectivity index (χ0n) is 10.1. The van der Waals surface area contributed by atoms with Crippen LogP contribution in [0, 0.1) is 5.92 Å². The van der Waals surface area contributed by atoms with Crippen LogP contribution in [0.25, 0.3) is 0 Å². The molecule has 0 radical (unpaired) electrons. The fourth-order valence-electron chi connectivity index (χ4n) is 2.17. The van der Waals surface area contributed by atoms with E-state index in [9.17, 15) is 4.79 Å². The van der Waals surface area contributed by atoms with Crippen LogP contribution in [0.1, 0.15) is 23.2 Å². The Morgan fingerprint density at radius 1 is 1.53 bits per heavy atom. The van der Waals surface area contributed by atoms with E-state index in [1.165, 1.54) is 6.42 Å². The molecular weight excluding hydrogens is 216 g/mol. The molecule has 1 saturated heterocycles. The third-order valence-electron chi connectivity index (χ3n) is 3.09. The van der Waals surface area contributed by atoms with E-state index in [2.05, 4.69) is 16.9 Å². The first-order valence-corrected chi connectivity index (χ1v) is 6.01. The number of esters is 1. The number of nitrogens with zero attached hydrogens (tertiary/aromatic N) is 2. The van der Waals surface area contributed by atoms with Gasteiger partial charge in [0, 0.05) is 24.9 Å². The van der Waals surface area contributed by atoms with Crippen molar-refractivity contribution in [3.63, 3.8) is 0 Å². The minimum atomic E-state index is -0.249. The Hall–Kier alpha value is -1.42. The van der Waals surface area contributed by atoms with Gasteiger partial charge in [-0.1, -0.05) is 0 Å². The first-order chi connectivity index (χ1) is 8.25. The Labute approximate surface area is 102 Å². The molecule has 1 atom stereocenters. The first kappa shape index (κ1) is 12.0. The summed E-state index contributed by atoms with van der Waals surface area (Å²) < 4.78 is 5.32. The van der Waals surface area contributed by atoms with Gasteiger partial charge in [-0.15, -0.1) is 0 Å². The van der Waals surface area contributed by atoms with Gasteiger partial charge in [0.05, 0.1) is 12.2 Å². The van der Waals surface area contributed by atoms with E-state index in [1.807, 2.05) is 0 Å². The minimum Gasteiger partial charge on any atom is -0.462 e. The Kier molecular flexibility index (Phi) is 4.09. The van der Waals surface area contributed by atoms with Crippen LogP contribution in [-0.4, -0.2) is 42.6 Å². The van der Waals surface area contributed by atoms with E-state index < -0.39 is 0 Å². The highest BCUT2D eigenvalue weighted by Crippen LogP contribution is 2.15. The number of ether oxygens (including phenoxy) is 1. The molecule has 4 heteroatoms. The Balaban J connectivity index is 1.80. The number of piperidine rings is 1. The molecule has 1 aromatic heterocycles. The van der Waals surface area contributed by atoms with Crippen molar-refractivity contribution in [1.29, 1.82) is 0 Å². The predicted molar refractivity (Wildman–Crippen MR) is 64.7 cm³/mol. The van der Waals surface area contributed by atoms with E-state index >= 15 is 0 Å². The molecule has 0 aromatic carbocycles. The molecule has 0 saturated carbocycles. The molecule has 4 nitrogen and oxygen atoms in total. The van der Waals surface area contributed by atoms with Crippen molar-refractivity contribution in [2.45, 2.75) is 12.8 Å². The first-order valence-electron chi connectivity index (χ1n) is 6.01. The van der Waals surface area contributed by atoms with Crippen molar-refractivity contribution in [2.75, 3.05) is 26.7 Å². The molecule has 0 N–H and O–H groups in total. The van der Waals surface area contributed by atoms with Crippen LogP contribution in [-0.2, 0) is 4.74 Å². The second-order valence-electron chi connectivity index (χ2n) is 4.60. The smallest absolute Gasteiger partial charge is 0.338 e. The van der Waals surface area contributed by atoms with Gasteiger partial charge in [0.15, 0.2) is 0 Å². The third-order valence-corrected chi connectivity index (χ3v) is 3.09. The van der Waals surface area contributed by atoms with Gasteiger partial charge in [0.25, 0.3) is 0 Å². The van der Waals surface area contributed by atoms with Crippen LogP contribution in [0.4, 0.5) is 0 Å². The summed E-state index contributed by atoms with van der Waals surface area (Å²) >= 11 is 0. The summed E-state index contributed by atoms with van der Waals surface area (Å²) in [7, 11) is 2.11. The molecule has 2 heterocycles. The lowest BCUT2D eigenvalue weighted by molar-refractivity contribution is 0.0371. The van der Waals surface area contributed by atoms with Crippen molar-refractivity contribution < 1.29 is 9.53 Å². The maximum absolute atomic E-state index is 11.7. The number of aromatic nitrogens is 1. The minimum absolute atomic E-state index is 0.249. The molecule has 0 bridgehead atoms. The van der Waals surface area contributed by atoms with Crippen LogP contribution in [0.3, 0.4) is 0 Å². The lowest BCUT2D eigenvalue weighted by Crippen LogP contribution is -2.34. The standard InChI is InChI=1S/C13H18N2O2/c1-15-8-2-3-11(9-15)10-17-13(16)12-4-6-14-7-5-12/h4-7,11H,2-3,8-10H2,1H3. The van der Waals surface area contributed by atoms with Gasteiger partial charge in [-0.3, -0.25) is 4.98 Å². The fourth-order valence-corrected chi connectivity index (χ4v) is 2.17. The topological polar surface area (TPSA) is 42.4 Å². The molecule has 92 valence electrons. The SMILES string of the molecule is CN1CCCC(COC(=O)c2ccncc2)C1. The highest BCUT2D eigenvalue weighted by molar-refractivity contribution is 5.89. The molecular formula is C13H18N2O2. The number of carbonyl (C=O) groups is 1. The zero-order valence-corrected chi connectivity index (χ0v) is 10.1. The molecule has 0 spiro atoms. The van der Waals surface area contributed by atoms with Crippen LogP contribution < -0.4 is 0 Å². The van der Waals surface area contributed by atoms with Crippen LogP contribution in [0.5, 0.6) is 0 Å². The molecule has 2 rings (SSSR count). The van der Waals surface area contributed by atoms with E-state index in [-0.39, 0.29) is 5.97 Å². The summed E-state index contributed by atoms with van der Waals surface area (Å²) in [5, 5.41) is 0. The van der Waals surface area contributed by atoms with E-state index in [1.54, 1.807) is 24.5 Å². The lowest BCUT2D eigenvalue weighted by Gasteiger charge is -2.29. The number of carbonyl (C=O) groups excluding carboxylic acids is 1. The van der Waals surface area contributed by atoms with Crippen LogP contribution in [0.2, 0.25) is 0 Å². The molecule has 1 aliphatic heterocycles.